The number of hydrogen-bond donors (Lipinski definition) is 0. The maximum atomic E-state index is 6.06. The van der Waals surface area contributed by atoms with Crippen molar-refractivity contribution < 1.29 is 19.0 Å². The second-order valence-corrected chi connectivity index (χ2v) is 7.63. The molecule has 0 aliphatic rings. The standard InChI is InChI=1S/C27H37NO4/c1-6-8-15-31-25-18-21(3)27(22(4)19-25)32-17-11-9-10-16-30-24-14-12-13-23(20-24)26(7-2)28-29-5/h6,8,12-14,18-20H,7,9-11,15-17H2,1-5H3/b8-6+,28-26+. The molecule has 5 nitrogen and oxygen atoms in total. The monoisotopic (exact) mass is 439 g/mol. The highest BCUT2D eigenvalue weighted by Gasteiger charge is 2.08. The molecule has 32 heavy (non-hydrogen) atoms. The van der Waals surface area contributed by atoms with Gasteiger partial charge in [-0.2, -0.15) is 0 Å². The molecule has 0 amide bonds. The molecule has 2 rings (SSSR count). The molecule has 174 valence electrons. The second kappa shape index (κ2) is 14.2. The van der Waals surface area contributed by atoms with Gasteiger partial charge in [-0.05, 0) is 81.8 Å². The average Bonchev–Trinajstić information content (AvgIpc) is 2.78. The zero-order valence-corrected chi connectivity index (χ0v) is 20.1. The van der Waals surface area contributed by atoms with Gasteiger partial charge in [-0.3, -0.25) is 0 Å². The van der Waals surface area contributed by atoms with Crippen molar-refractivity contribution in [2.24, 2.45) is 5.16 Å². The fraction of sp³-hybridized carbons (Fsp3) is 0.444. The van der Waals surface area contributed by atoms with Crippen molar-refractivity contribution in [1.82, 2.24) is 0 Å². The van der Waals surface area contributed by atoms with Gasteiger partial charge < -0.3 is 19.0 Å². The summed E-state index contributed by atoms with van der Waals surface area (Å²) in [7, 11) is 1.57. The molecule has 0 aliphatic carbocycles. The van der Waals surface area contributed by atoms with Crippen LogP contribution in [0.1, 0.15) is 56.2 Å². The number of allylic oxidation sites excluding steroid dienone is 1. The zero-order chi connectivity index (χ0) is 23.2. The largest absolute Gasteiger partial charge is 0.494 e. The van der Waals surface area contributed by atoms with Gasteiger partial charge in [-0.1, -0.05) is 36.4 Å². The van der Waals surface area contributed by atoms with E-state index in [2.05, 4.69) is 25.9 Å². The Balaban J connectivity index is 1.71. The normalized spacial score (nSPS) is 11.6. The molecule has 0 atom stereocenters. The summed E-state index contributed by atoms with van der Waals surface area (Å²) in [6.07, 6.45) is 7.81. The molecule has 0 bridgehead atoms. The molecule has 0 aromatic heterocycles. The summed E-state index contributed by atoms with van der Waals surface area (Å²) in [5.41, 5.74) is 4.15. The molecule has 0 spiro atoms. The van der Waals surface area contributed by atoms with Gasteiger partial charge in [0.2, 0.25) is 0 Å². The van der Waals surface area contributed by atoms with Crippen molar-refractivity contribution >= 4 is 5.71 Å². The van der Waals surface area contributed by atoms with Crippen molar-refractivity contribution in [2.45, 2.75) is 53.4 Å². The van der Waals surface area contributed by atoms with E-state index in [9.17, 15) is 0 Å². The summed E-state index contributed by atoms with van der Waals surface area (Å²) in [5, 5.41) is 4.08. The summed E-state index contributed by atoms with van der Waals surface area (Å²) in [5.74, 6) is 2.70. The van der Waals surface area contributed by atoms with Crippen LogP contribution in [0.2, 0.25) is 0 Å². The van der Waals surface area contributed by atoms with Gasteiger partial charge in [-0.15, -0.1) is 0 Å². The molecule has 0 N–H and O–H groups in total. The molecule has 0 radical (unpaired) electrons. The molecule has 0 saturated carbocycles. The lowest BCUT2D eigenvalue weighted by Gasteiger charge is -2.14. The third kappa shape index (κ3) is 8.29. The Hall–Kier alpha value is -2.95. The van der Waals surface area contributed by atoms with Crippen LogP contribution < -0.4 is 14.2 Å². The van der Waals surface area contributed by atoms with Gasteiger partial charge in [0.15, 0.2) is 0 Å². The summed E-state index contributed by atoms with van der Waals surface area (Å²) < 4.78 is 17.7. The lowest BCUT2D eigenvalue weighted by atomic mass is 10.1. The number of ether oxygens (including phenoxy) is 3. The molecule has 0 unspecified atom stereocenters. The highest BCUT2D eigenvalue weighted by atomic mass is 16.6. The van der Waals surface area contributed by atoms with Crippen molar-refractivity contribution in [2.75, 3.05) is 26.9 Å². The van der Waals surface area contributed by atoms with Crippen LogP contribution in [-0.4, -0.2) is 32.6 Å². The molecule has 2 aromatic rings. The van der Waals surface area contributed by atoms with Crippen LogP contribution in [0.25, 0.3) is 0 Å². The number of unbranched alkanes of at least 4 members (excludes halogenated alkanes) is 2. The van der Waals surface area contributed by atoms with E-state index < -0.39 is 0 Å². The molecule has 0 saturated heterocycles. The van der Waals surface area contributed by atoms with Crippen molar-refractivity contribution in [3.8, 4) is 17.2 Å². The van der Waals surface area contributed by atoms with Gasteiger partial charge in [0.05, 0.1) is 18.9 Å². The predicted octanol–water partition coefficient (Wildman–Crippen LogP) is 6.65. The minimum absolute atomic E-state index is 0.586. The number of hydrogen-bond acceptors (Lipinski definition) is 5. The number of rotatable bonds is 14. The highest BCUT2D eigenvalue weighted by Crippen LogP contribution is 2.28. The summed E-state index contributed by atoms with van der Waals surface area (Å²) >= 11 is 0. The van der Waals surface area contributed by atoms with Crippen LogP contribution in [0, 0.1) is 13.8 Å². The first-order chi connectivity index (χ1) is 15.6. The van der Waals surface area contributed by atoms with E-state index in [-0.39, 0.29) is 0 Å². The molecule has 0 aliphatic heterocycles. The van der Waals surface area contributed by atoms with E-state index >= 15 is 0 Å². The van der Waals surface area contributed by atoms with Gasteiger partial charge in [-0.25, -0.2) is 0 Å². The zero-order valence-electron chi connectivity index (χ0n) is 20.1. The Morgan fingerprint density at radius 1 is 0.906 bits per heavy atom. The van der Waals surface area contributed by atoms with Crippen molar-refractivity contribution in [1.29, 1.82) is 0 Å². The summed E-state index contributed by atoms with van der Waals surface area (Å²) in [6, 6.07) is 12.1. The Labute approximate surface area is 193 Å². The van der Waals surface area contributed by atoms with Crippen LogP contribution in [-0.2, 0) is 4.84 Å². The maximum absolute atomic E-state index is 6.06. The topological polar surface area (TPSA) is 49.3 Å². The van der Waals surface area contributed by atoms with Gasteiger partial charge in [0, 0.05) is 5.56 Å². The SMILES string of the molecule is C/C=C/COc1cc(C)c(OCCCCCOc2cccc(/C(CC)=N/OC)c2)c(C)c1. The third-order valence-corrected chi connectivity index (χ3v) is 5.02. The fourth-order valence-corrected chi connectivity index (χ4v) is 3.40. The van der Waals surface area contributed by atoms with E-state index in [1.165, 1.54) is 0 Å². The lowest BCUT2D eigenvalue weighted by molar-refractivity contribution is 0.213. The van der Waals surface area contributed by atoms with E-state index in [1.54, 1.807) is 7.11 Å². The molecular formula is C27H37NO4. The first-order valence-corrected chi connectivity index (χ1v) is 11.4. The summed E-state index contributed by atoms with van der Waals surface area (Å²) in [6.45, 7) is 10.1. The minimum Gasteiger partial charge on any atom is -0.494 e. The minimum atomic E-state index is 0.586. The van der Waals surface area contributed by atoms with E-state index in [0.29, 0.717) is 19.8 Å². The second-order valence-electron chi connectivity index (χ2n) is 7.63. The van der Waals surface area contributed by atoms with Crippen LogP contribution >= 0.6 is 0 Å². The van der Waals surface area contributed by atoms with Crippen LogP contribution in [0.3, 0.4) is 0 Å². The quantitative estimate of drug-likeness (QED) is 0.143. The predicted molar refractivity (Wildman–Crippen MR) is 131 cm³/mol. The Morgan fingerprint density at radius 3 is 2.28 bits per heavy atom. The highest BCUT2D eigenvalue weighted by molar-refractivity contribution is 6.00. The summed E-state index contributed by atoms with van der Waals surface area (Å²) in [4.78, 5) is 4.92. The Bertz CT molecular complexity index is 866. The lowest BCUT2D eigenvalue weighted by Crippen LogP contribution is -2.04. The van der Waals surface area contributed by atoms with Gasteiger partial charge >= 0.3 is 0 Å². The average molecular weight is 440 g/mol. The number of nitrogens with zero attached hydrogens (tertiary/aromatic N) is 1. The third-order valence-electron chi connectivity index (χ3n) is 5.02. The first kappa shape index (κ1) is 25.3. The molecular weight excluding hydrogens is 402 g/mol. The van der Waals surface area contributed by atoms with Gasteiger partial charge in [0.25, 0.3) is 0 Å². The molecule has 0 heterocycles. The van der Waals surface area contributed by atoms with Crippen LogP contribution in [0.15, 0.2) is 53.7 Å². The van der Waals surface area contributed by atoms with E-state index in [0.717, 1.165) is 65.3 Å². The molecule has 2 aromatic carbocycles. The van der Waals surface area contributed by atoms with Crippen molar-refractivity contribution in [3.63, 3.8) is 0 Å². The van der Waals surface area contributed by atoms with Crippen molar-refractivity contribution in [3.05, 3.63) is 65.2 Å². The molecule has 0 fully saturated rings. The number of oxime groups is 1. The Kier molecular flexibility index (Phi) is 11.2. The van der Waals surface area contributed by atoms with E-state index in [4.69, 9.17) is 19.0 Å². The smallest absolute Gasteiger partial charge is 0.125 e. The maximum Gasteiger partial charge on any atom is 0.125 e. The first-order valence-electron chi connectivity index (χ1n) is 11.4. The number of aryl methyl sites for hydroxylation is 2. The molecule has 5 heteroatoms. The van der Waals surface area contributed by atoms with Gasteiger partial charge in [0.1, 0.15) is 31.0 Å². The van der Waals surface area contributed by atoms with Crippen LogP contribution in [0.5, 0.6) is 17.2 Å². The van der Waals surface area contributed by atoms with E-state index in [1.807, 2.05) is 55.5 Å². The fourth-order valence-electron chi connectivity index (χ4n) is 3.40. The Morgan fingerprint density at radius 2 is 1.62 bits per heavy atom. The van der Waals surface area contributed by atoms with Crippen LogP contribution in [0.4, 0.5) is 0 Å². The number of benzene rings is 2.